The van der Waals surface area contributed by atoms with E-state index in [-0.39, 0.29) is 6.04 Å². The van der Waals surface area contributed by atoms with Gasteiger partial charge in [-0.15, -0.1) is 0 Å². The second kappa shape index (κ2) is 11.4. The van der Waals surface area contributed by atoms with Crippen LogP contribution >= 0.6 is 34.2 Å². The van der Waals surface area contributed by atoms with Crippen LogP contribution in [-0.4, -0.2) is 23.6 Å². The Bertz CT molecular complexity index is 810. The molecule has 4 heteroatoms. The van der Waals surface area contributed by atoms with Gasteiger partial charge in [-0.05, 0) is 96.7 Å². The molecule has 0 aliphatic heterocycles. The summed E-state index contributed by atoms with van der Waals surface area (Å²) >= 11 is 9.32. The average molecular weight is 552 g/mol. The molecule has 2 aliphatic carbocycles. The Balaban J connectivity index is 1.80. The molecule has 2 saturated carbocycles. The van der Waals surface area contributed by atoms with Gasteiger partial charge in [0, 0.05) is 20.7 Å². The molecule has 2 aliphatic rings. The van der Waals surface area contributed by atoms with Gasteiger partial charge in [-0.1, -0.05) is 62.3 Å². The summed E-state index contributed by atoms with van der Waals surface area (Å²) in [5.41, 5.74) is 2.59. The molecule has 31 heavy (non-hydrogen) atoms. The molecular formula is C27H35ClINO. The molecule has 0 N–H and O–H groups in total. The Kier molecular flexibility index (Phi) is 8.58. The van der Waals surface area contributed by atoms with Crippen LogP contribution in [0.4, 0.5) is 0 Å². The number of halogens is 2. The summed E-state index contributed by atoms with van der Waals surface area (Å²) in [4.78, 5) is 2.89. The first-order valence-corrected chi connectivity index (χ1v) is 13.6. The van der Waals surface area contributed by atoms with Gasteiger partial charge in [-0.25, -0.2) is 0 Å². The summed E-state index contributed by atoms with van der Waals surface area (Å²) in [6, 6.07) is 16.8. The van der Waals surface area contributed by atoms with E-state index >= 15 is 0 Å². The average Bonchev–Trinajstić information content (AvgIpc) is 2.81. The molecule has 2 nitrogen and oxygen atoms in total. The largest absolute Gasteiger partial charge is 0.494 e. The monoisotopic (exact) mass is 551 g/mol. The highest BCUT2D eigenvalue weighted by atomic mass is 127. The smallest absolute Gasteiger partial charge is 0.119 e. The lowest BCUT2D eigenvalue weighted by molar-refractivity contribution is 0.0517. The number of nitrogens with zero attached hydrogens (tertiary/aromatic N) is 1. The quantitative estimate of drug-likeness (QED) is 0.320. The third-order valence-electron chi connectivity index (χ3n) is 7.05. The van der Waals surface area contributed by atoms with Crippen LogP contribution in [0.2, 0.25) is 5.02 Å². The minimum atomic E-state index is 0.198. The Morgan fingerprint density at radius 2 is 1.48 bits per heavy atom. The Labute approximate surface area is 206 Å². The van der Waals surface area contributed by atoms with E-state index in [1.807, 2.05) is 6.92 Å². The van der Waals surface area contributed by atoms with Crippen LogP contribution in [0.25, 0.3) is 0 Å². The fraction of sp³-hybridized carbons (Fsp3) is 0.556. The topological polar surface area (TPSA) is 12.5 Å². The maximum atomic E-state index is 6.89. The van der Waals surface area contributed by atoms with Crippen LogP contribution in [0.5, 0.6) is 5.75 Å². The van der Waals surface area contributed by atoms with E-state index in [2.05, 4.69) is 70.0 Å². The molecule has 1 atom stereocenters. The molecule has 1 unspecified atom stereocenters. The van der Waals surface area contributed by atoms with Gasteiger partial charge >= 0.3 is 0 Å². The van der Waals surface area contributed by atoms with Crippen molar-refractivity contribution < 1.29 is 4.74 Å². The molecule has 0 spiro atoms. The number of hydrogen-bond acceptors (Lipinski definition) is 2. The lowest BCUT2D eigenvalue weighted by Gasteiger charge is -2.47. The second-order valence-electron chi connectivity index (χ2n) is 9.10. The summed E-state index contributed by atoms with van der Waals surface area (Å²) in [5.74, 6) is 0.945. The summed E-state index contributed by atoms with van der Waals surface area (Å²) in [5, 5.41) is 0.885. The molecule has 2 aromatic carbocycles. The van der Waals surface area contributed by atoms with Crippen molar-refractivity contribution in [2.45, 2.75) is 89.3 Å². The molecular weight excluding hydrogens is 517 g/mol. The SMILES string of the molecule is CCOc1ccc(C(c2cc(I)ccc2Cl)N(C2CCCCC2)C2CCCCC2)cc1. The van der Waals surface area contributed by atoms with Gasteiger partial charge in [0.1, 0.15) is 5.75 Å². The van der Waals surface area contributed by atoms with Crippen molar-refractivity contribution in [2.75, 3.05) is 6.61 Å². The van der Waals surface area contributed by atoms with Crippen LogP contribution in [0.15, 0.2) is 42.5 Å². The van der Waals surface area contributed by atoms with Crippen molar-refractivity contribution in [3.05, 3.63) is 62.2 Å². The zero-order chi connectivity index (χ0) is 21.6. The van der Waals surface area contributed by atoms with Crippen molar-refractivity contribution in [2.24, 2.45) is 0 Å². The van der Waals surface area contributed by atoms with Gasteiger partial charge in [-0.2, -0.15) is 0 Å². The first-order chi connectivity index (χ1) is 15.2. The highest BCUT2D eigenvalue weighted by Crippen LogP contribution is 2.42. The Morgan fingerprint density at radius 1 is 0.903 bits per heavy atom. The van der Waals surface area contributed by atoms with Gasteiger partial charge in [0.05, 0.1) is 12.6 Å². The van der Waals surface area contributed by atoms with E-state index in [4.69, 9.17) is 16.3 Å². The summed E-state index contributed by atoms with van der Waals surface area (Å²) < 4.78 is 6.99. The minimum Gasteiger partial charge on any atom is -0.494 e. The molecule has 0 heterocycles. The van der Waals surface area contributed by atoms with E-state index in [1.165, 1.54) is 78.9 Å². The molecule has 2 fully saturated rings. The number of hydrogen-bond donors (Lipinski definition) is 0. The highest BCUT2D eigenvalue weighted by Gasteiger charge is 2.36. The van der Waals surface area contributed by atoms with E-state index in [0.717, 1.165) is 10.8 Å². The Morgan fingerprint density at radius 3 is 2.03 bits per heavy atom. The Hall–Kier alpha value is -0.780. The molecule has 0 bridgehead atoms. The van der Waals surface area contributed by atoms with E-state index in [0.29, 0.717) is 18.7 Å². The minimum absolute atomic E-state index is 0.198. The maximum Gasteiger partial charge on any atom is 0.119 e. The molecule has 0 amide bonds. The number of rotatable bonds is 7. The summed E-state index contributed by atoms with van der Waals surface area (Å²) in [6.07, 6.45) is 13.4. The van der Waals surface area contributed by atoms with Crippen LogP contribution in [-0.2, 0) is 0 Å². The third-order valence-corrected chi connectivity index (χ3v) is 8.07. The zero-order valence-corrected chi connectivity index (χ0v) is 21.6. The van der Waals surface area contributed by atoms with Gasteiger partial charge in [-0.3, -0.25) is 4.90 Å². The van der Waals surface area contributed by atoms with Crippen molar-refractivity contribution >= 4 is 34.2 Å². The lowest BCUT2D eigenvalue weighted by atomic mass is 9.84. The van der Waals surface area contributed by atoms with Crippen molar-refractivity contribution in [3.8, 4) is 5.75 Å². The highest BCUT2D eigenvalue weighted by molar-refractivity contribution is 14.1. The van der Waals surface area contributed by atoms with Gasteiger partial charge < -0.3 is 4.74 Å². The summed E-state index contributed by atoms with van der Waals surface area (Å²) in [6.45, 7) is 2.73. The fourth-order valence-electron chi connectivity index (χ4n) is 5.63. The molecule has 0 saturated heterocycles. The van der Waals surface area contributed by atoms with Gasteiger partial charge in [0.25, 0.3) is 0 Å². The van der Waals surface area contributed by atoms with Crippen LogP contribution in [0.3, 0.4) is 0 Å². The van der Waals surface area contributed by atoms with Crippen LogP contribution in [0, 0.1) is 3.57 Å². The second-order valence-corrected chi connectivity index (χ2v) is 10.8. The predicted molar refractivity (Wildman–Crippen MR) is 139 cm³/mol. The molecule has 4 rings (SSSR count). The normalized spacial score (nSPS) is 19.5. The van der Waals surface area contributed by atoms with E-state index < -0.39 is 0 Å². The van der Waals surface area contributed by atoms with Crippen molar-refractivity contribution in [3.63, 3.8) is 0 Å². The maximum absolute atomic E-state index is 6.89. The zero-order valence-electron chi connectivity index (χ0n) is 18.7. The standard InChI is InChI=1S/C27H35ClINO/c1-2-31-24-16-13-20(14-17-24)27(25-19-21(29)15-18-26(25)28)30(22-9-5-3-6-10-22)23-11-7-4-8-12-23/h13-19,22-23,27H,2-12H2,1H3. The molecule has 168 valence electrons. The molecule has 0 radical (unpaired) electrons. The molecule has 0 aromatic heterocycles. The summed E-state index contributed by atoms with van der Waals surface area (Å²) in [7, 11) is 0. The third kappa shape index (κ3) is 5.78. The lowest BCUT2D eigenvalue weighted by Crippen LogP contribution is -2.47. The van der Waals surface area contributed by atoms with Crippen LogP contribution in [0.1, 0.15) is 88.3 Å². The van der Waals surface area contributed by atoms with E-state index in [1.54, 1.807) is 0 Å². The van der Waals surface area contributed by atoms with Gasteiger partial charge in [0.2, 0.25) is 0 Å². The first-order valence-electron chi connectivity index (χ1n) is 12.1. The van der Waals surface area contributed by atoms with Gasteiger partial charge in [0.15, 0.2) is 0 Å². The fourth-order valence-corrected chi connectivity index (χ4v) is 6.36. The van der Waals surface area contributed by atoms with Crippen LogP contribution < -0.4 is 4.74 Å². The van der Waals surface area contributed by atoms with E-state index in [9.17, 15) is 0 Å². The molecule has 2 aromatic rings. The van der Waals surface area contributed by atoms with Crippen molar-refractivity contribution in [1.82, 2.24) is 4.90 Å². The predicted octanol–water partition coefficient (Wildman–Crippen LogP) is 8.40. The van der Waals surface area contributed by atoms with Crippen molar-refractivity contribution in [1.29, 1.82) is 0 Å². The number of ether oxygens (including phenoxy) is 1. The number of benzene rings is 2. The first kappa shape index (κ1) is 23.4.